The van der Waals surface area contributed by atoms with Crippen LogP contribution in [-0.4, -0.2) is 70.2 Å². The molecule has 11 nitrogen and oxygen atoms in total. The molecule has 6 rings (SSSR count). The predicted molar refractivity (Wildman–Crippen MR) is 142 cm³/mol. The Bertz CT molecular complexity index is 1360. The van der Waals surface area contributed by atoms with Crippen molar-refractivity contribution >= 4 is 34.3 Å². The Balaban J connectivity index is 1.30. The van der Waals surface area contributed by atoms with E-state index in [1.165, 1.54) is 0 Å². The maximum absolute atomic E-state index is 12.4. The minimum atomic E-state index is -0.334. The van der Waals surface area contributed by atoms with Gasteiger partial charge in [0.15, 0.2) is 11.5 Å². The van der Waals surface area contributed by atoms with E-state index in [9.17, 15) is 4.79 Å². The largest absolute Gasteiger partial charge is 0.378 e. The molecule has 3 N–H and O–H groups in total. The number of pyridine rings is 1. The third kappa shape index (κ3) is 5.09. The van der Waals surface area contributed by atoms with Gasteiger partial charge >= 0.3 is 6.03 Å². The summed E-state index contributed by atoms with van der Waals surface area (Å²) >= 11 is 0. The molecule has 0 unspecified atom stereocenters. The summed E-state index contributed by atoms with van der Waals surface area (Å²) in [4.78, 5) is 28.6. The fourth-order valence-corrected chi connectivity index (χ4v) is 4.81. The normalized spacial score (nSPS) is 16.6. The highest BCUT2D eigenvalue weighted by atomic mass is 16.5. The number of hydrogen-bond acceptors (Lipinski definition) is 8. The molecule has 0 atom stereocenters. The van der Waals surface area contributed by atoms with Gasteiger partial charge in [-0.05, 0) is 62.3 Å². The Kier molecular flexibility index (Phi) is 6.61. The molecule has 2 fully saturated rings. The second-order valence-corrected chi connectivity index (χ2v) is 9.18. The molecule has 0 spiro atoms. The summed E-state index contributed by atoms with van der Waals surface area (Å²) in [5.74, 6) is 1.53. The van der Waals surface area contributed by atoms with Crippen LogP contribution in [0.3, 0.4) is 0 Å². The van der Waals surface area contributed by atoms with Gasteiger partial charge < -0.3 is 25.6 Å². The zero-order valence-corrected chi connectivity index (χ0v) is 20.4. The molecule has 2 saturated heterocycles. The highest BCUT2D eigenvalue weighted by Gasteiger charge is 2.24. The van der Waals surface area contributed by atoms with Crippen LogP contribution in [0.25, 0.3) is 22.4 Å². The van der Waals surface area contributed by atoms with E-state index in [1.54, 1.807) is 24.5 Å². The van der Waals surface area contributed by atoms with Gasteiger partial charge in [-0.1, -0.05) is 0 Å². The van der Waals surface area contributed by atoms with E-state index in [0.717, 1.165) is 61.4 Å². The zero-order chi connectivity index (χ0) is 25.0. The Hall–Kier alpha value is -4.09. The minimum absolute atomic E-state index is 0.309. The van der Waals surface area contributed by atoms with Crippen LogP contribution in [0.1, 0.15) is 18.9 Å². The van der Waals surface area contributed by atoms with E-state index in [1.807, 2.05) is 30.5 Å². The van der Waals surface area contributed by atoms with Gasteiger partial charge in [0.1, 0.15) is 5.82 Å². The average Bonchev–Trinajstić information content (AvgIpc) is 3.38. The molecule has 2 aliphatic rings. The van der Waals surface area contributed by atoms with Gasteiger partial charge in [0.25, 0.3) is 0 Å². The Labute approximate surface area is 214 Å². The fraction of sp³-hybridized carbons (Fsp3) is 0.346. The highest BCUT2D eigenvalue weighted by molar-refractivity contribution is 5.99. The predicted octanol–water partition coefficient (Wildman–Crippen LogP) is 3.29. The second kappa shape index (κ2) is 10.5. The number of piperidine rings is 1. The van der Waals surface area contributed by atoms with Gasteiger partial charge in [-0.2, -0.15) is 5.10 Å². The molecule has 2 amide bonds. The zero-order valence-electron chi connectivity index (χ0n) is 20.4. The van der Waals surface area contributed by atoms with Gasteiger partial charge in [0.2, 0.25) is 0 Å². The van der Waals surface area contributed by atoms with E-state index in [2.05, 4.69) is 30.5 Å². The lowest BCUT2D eigenvalue weighted by molar-refractivity contribution is 0.122. The molecule has 3 aromatic heterocycles. The molecule has 11 heteroatoms. The SMILES string of the molecule is O=C(Nc1ccc(-c2nc(N3CCOCC3)c3cnn(C4CCNCC4)c3n2)cc1)Nc1cccnc1. The third-order valence-corrected chi connectivity index (χ3v) is 6.72. The maximum Gasteiger partial charge on any atom is 0.323 e. The van der Waals surface area contributed by atoms with Crippen LogP contribution in [0.4, 0.5) is 22.0 Å². The third-order valence-electron chi connectivity index (χ3n) is 6.72. The lowest BCUT2D eigenvalue weighted by Gasteiger charge is -2.28. The van der Waals surface area contributed by atoms with Crippen molar-refractivity contribution in [3.8, 4) is 11.4 Å². The quantitative estimate of drug-likeness (QED) is 0.382. The molecule has 0 aliphatic carbocycles. The van der Waals surface area contributed by atoms with Crippen LogP contribution in [0.15, 0.2) is 55.0 Å². The van der Waals surface area contributed by atoms with E-state index < -0.39 is 0 Å². The highest BCUT2D eigenvalue weighted by Crippen LogP contribution is 2.31. The van der Waals surface area contributed by atoms with Gasteiger partial charge in [-0.3, -0.25) is 4.98 Å². The molecule has 5 heterocycles. The van der Waals surface area contributed by atoms with Gasteiger partial charge in [0.05, 0.1) is 42.7 Å². The lowest BCUT2D eigenvalue weighted by atomic mass is 10.1. The first kappa shape index (κ1) is 23.3. The number of carbonyl (C=O) groups excluding carboxylic acids is 1. The summed E-state index contributed by atoms with van der Waals surface area (Å²) < 4.78 is 7.65. The summed E-state index contributed by atoms with van der Waals surface area (Å²) in [5.41, 5.74) is 3.02. The molecule has 1 aromatic carbocycles. The van der Waals surface area contributed by atoms with E-state index in [-0.39, 0.29) is 6.03 Å². The number of amides is 2. The Morgan fingerprint density at radius 3 is 2.51 bits per heavy atom. The molecule has 37 heavy (non-hydrogen) atoms. The summed E-state index contributed by atoms with van der Waals surface area (Å²) in [5, 5.41) is 14.8. The van der Waals surface area contributed by atoms with Crippen LogP contribution in [-0.2, 0) is 4.74 Å². The van der Waals surface area contributed by atoms with Crippen LogP contribution in [0.2, 0.25) is 0 Å². The van der Waals surface area contributed by atoms with Crippen molar-refractivity contribution < 1.29 is 9.53 Å². The minimum Gasteiger partial charge on any atom is -0.378 e. The number of rotatable bonds is 5. The fourth-order valence-electron chi connectivity index (χ4n) is 4.81. The maximum atomic E-state index is 12.4. The summed E-state index contributed by atoms with van der Waals surface area (Å²) in [6.07, 6.45) is 7.19. The molecule has 4 aromatic rings. The van der Waals surface area contributed by atoms with E-state index in [0.29, 0.717) is 36.5 Å². The van der Waals surface area contributed by atoms with Crippen LogP contribution < -0.4 is 20.9 Å². The molecule has 0 radical (unpaired) electrons. The molecular weight excluding hydrogens is 470 g/mol. The number of nitrogens with zero attached hydrogens (tertiary/aromatic N) is 6. The number of morpholine rings is 1. The molecule has 190 valence electrons. The molecular formula is C26H29N9O2. The summed E-state index contributed by atoms with van der Waals surface area (Å²) in [6, 6.07) is 11.1. The van der Waals surface area contributed by atoms with Crippen molar-refractivity contribution in [2.24, 2.45) is 0 Å². The standard InChI is InChI=1S/C26H29N9O2/c36-26(31-20-2-1-9-28-16-20)30-19-5-3-18(4-6-19)23-32-24(34-12-14-37-15-13-34)22-17-29-35(25(22)33-23)21-7-10-27-11-8-21/h1-6,9,16-17,21,27H,7-8,10-15H2,(H2,30,31,36). The molecule has 0 saturated carbocycles. The van der Waals surface area contributed by atoms with Gasteiger partial charge in [0, 0.05) is 30.5 Å². The Morgan fingerprint density at radius 2 is 1.76 bits per heavy atom. The number of anilines is 3. The van der Waals surface area contributed by atoms with Gasteiger partial charge in [-0.15, -0.1) is 0 Å². The number of carbonyl (C=O) groups is 1. The number of hydrogen-bond donors (Lipinski definition) is 3. The first-order valence-corrected chi connectivity index (χ1v) is 12.6. The van der Waals surface area contributed by atoms with Gasteiger partial charge in [-0.25, -0.2) is 19.4 Å². The number of fused-ring (bicyclic) bond motifs is 1. The van der Waals surface area contributed by atoms with Crippen molar-refractivity contribution in [1.82, 2.24) is 30.0 Å². The number of benzene rings is 1. The first-order valence-electron chi connectivity index (χ1n) is 12.6. The van der Waals surface area contributed by atoms with Crippen molar-refractivity contribution in [3.05, 3.63) is 55.0 Å². The first-order chi connectivity index (χ1) is 18.2. The summed E-state index contributed by atoms with van der Waals surface area (Å²) in [7, 11) is 0. The summed E-state index contributed by atoms with van der Waals surface area (Å²) in [6.45, 7) is 4.85. The van der Waals surface area contributed by atoms with Crippen LogP contribution in [0.5, 0.6) is 0 Å². The lowest BCUT2D eigenvalue weighted by Crippen LogP contribution is -2.37. The number of ether oxygens (including phenoxy) is 1. The monoisotopic (exact) mass is 499 g/mol. The van der Waals surface area contributed by atoms with E-state index >= 15 is 0 Å². The van der Waals surface area contributed by atoms with Crippen LogP contribution in [0, 0.1) is 0 Å². The van der Waals surface area contributed by atoms with Crippen molar-refractivity contribution in [2.45, 2.75) is 18.9 Å². The average molecular weight is 500 g/mol. The second-order valence-electron chi connectivity index (χ2n) is 9.18. The molecule has 0 bridgehead atoms. The number of urea groups is 1. The van der Waals surface area contributed by atoms with Crippen molar-refractivity contribution in [1.29, 1.82) is 0 Å². The number of nitrogens with one attached hydrogen (secondary N) is 3. The Morgan fingerprint density at radius 1 is 0.973 bits per heavy atom. The van der Waals surface area contributed by atoms with E-state index in [4.69, 9.17) is 19.8 Å². The van der Waals surface area contributed by atoms with Crippen molar-refractivity contribution in [3.63, 3.8) is 0 Å². The number of aromatic nitrogens is 5. The van der Waals surface area contributed by atoms with Crippen LogP contribution >= 0.6 is 0 Å². The smallest absolute Gasteiger partial charge is 0.323 e. The topological polar surface area (TPSA) is 122 Å². The molecule has 2 aliphatic heterocycles. The van der Waals surface area contributed by atoms with Crippen molar-refractivity contribution in [2.75, 3.05) is 54.9 Å².